The number of allylic oxidation sites excluding steroid dienone is 4. The van der Waals surface area contributed by atoms with Gasteiger partial charge in [-0.15, -0.1) is 0 Å². The highest BCUT2D eigenvalue weighted by Crippen LogP contribution is 2.12. The minimum Gasteiger partial charge on any atom is -0.480 e. The van der Waals surface area contributed by atoms with Gasteiger partial charge < -0.3 is 15.5 Å². The van der Waals surface area contributed by atoms with Crippen LogP contribution >= 0.6 is 0 Å². The van der Waals surface area contributed by atoms with Crippen LogP contribution in [-0.4, -0.2) is 40.0 Å². The normalized spacial score (nSPS) is 14.7. The fourth-order valence-corrected chi connectivity index (χ4v) is 3.02. The summed E-state index contributed by atoms with van der Waals surface area (Å²) in [4.78, 5) is 35.0. The van der Waals surface area contributed by atoms with Gasteiger partial charge in [0.1, 0.15) is 12.1 Å². The molecule has 1 unspecified atom stereocenters. The van der Waals surface area contributed by atoms with Gasteiger partial charge >= 0.3 is 5.97 Å². The predicted molar refractivity (Wildman–Crippen MR) is 120 cm³/mol. The van der Waals surface area contributed by atoms with Gasteiger partial charge in [-0.05, 0) is 31.6 Å². The Balaban J connectivity index is 3.83. The zero-order valence-electron chi connectivity index (χ0n) is 18.9. The molecule has 172 valence electrons. The van der Waals surface area contributed by atoms with Crippen molar-refractivity contribution < 1.29 is 24.6 Å². The molecule has 6 heteroatoms. The number of nitrogens with one attached hydrogen (secondary N) is 1. The number of carbonyl (C=O) groups is 3. The Morgan fingerprint density at radius 3 is 2.20 bits per heavy atom. The molecule has 0 rings (SSSR count). The topological polar surface area (TPSA) is 104 Å². The maximum absolute atomic E-state index is 11.9. The second-order valence-corrected chi connectivity index (χ2v) is 7.85. The van der Waals surface area contributed by atoms with Crippen LogP contribution in [0.25, 0.3) is 0 Å². The molecule has 0 saturated carbocycles. The Hall–Kier alpha value is -1.95. The van der Waals surface area contributed by atoms with Crippen LogP contribution < -0.4 is 5.32 Å². The van der Waals surface area contributed by atoms with Gasteiger partial charge in [-0.2, -0.15) is 0 Å². The van der Waals surface area contributed by atoms with E-state index in [1.807, 2.05) is 26.0 Å². The molecule has 0 spiro atoms. The van der Waals surface area contributed by atoms with Gasteiger partial charge in [-0.25, -0.2) is 4.79 Å². The zero-order chi connectivity index (χ0) is 22.8. The van der Waals surface area contributed by atoms with Crippen LogP contribution in [0.4, 0.5) is 0 Å². The number of hydrogen-bond donors (Lipinski definition) is 3. The summed E-state index contributed by atoms with van der Waals surface area (Å²) in [6, 6.07) is -0.829. The number of aliphatic hydroxyl groups is 1. The van der Waals surface area contributed by atoms with Crippen LogP contribution in [0.2, 0.25) is 0 Å². The molecule has 1 amide bonds. The van der Waals surface area contributed by atoms with Crippen molar-refractivity contribution in [1.82, 2.24) is 5.32 Å². The van der Waals surface area contributed by atoms with Crippen molar-refractivity contribution in [2.45, 2.75) is 104 Å². The first kappa shape index (κ1) is 28.1. The number of carboxylic acid groups (broad SMARTS) is 1. The van der Waals surface area contributed by atoms with Crippen LogP contribution in [-0.2, 0) is 14.4 Å². The number of Topliss-reactive ketones (excluding diaryl/α,β-unsaturated/α-hetero) is 1. The molecule has 0 radical (unpaired) electrons. The van der Waals surface area contributed by atoms with Crippen molar-refractivity contribution in [3.63, 3.8) is 0 Å². The summed E-state index contributed by atoms with van der Waals surface area (Å²) in [7, 11) is 0. The second kappa shape index (κ2) is 17.9. The SMILES string of the molecule is CC/C=C\C/C=C\CC(=O)C(O)CCCCCCCC(=O)N[C@H](C(=O)O)[C@@H](C)CC. The van der Waals surface area contributed by atoms with E-state index in [1.165, 1.54) is 0 Å². The van der Waals surface area contributed by atoms with Crippen LogP contribution in [0, 0.1) is 5.92 Å². The van der Waals surface area contributed by atoms with Crippen molar-refractivity contribution in [3.8, 4) is 0 Å². The number of aliphatic hydroxyl groups excluding tert-OH is 1. The van der Waals surface area contributed by atoms with E-state index in [-0.39, 0.29) is 24.0 Å². The van der Waals surface area contributed by atoms with E-state index in [0.29, 0.717) is 25.7 Å². The fourth-order valence-electron chi connectivity index (χ4n) is 3.02. The molecule has 0 heterocycles. The number of hydrogen-bond acceptors (Lipinski definition) is 4. The summed E-state index contributed by atoms with van der Waals surface area (Å²) in [5.74, 6) is -1.46. The van der Waals surface area contributed by atoms with Gasteiger partial charge in [-0.3, -0.25) is 9.59 Å². The third-order valence-electron chi connectivity index (χ3n) is 5.21. The number of amides is 1. The van der Waals surface area contributed by atoms with Gasteiger partial charge in [0.2, 0.25) is 5.91 Å². The Labute approximate surface area is 181 Å². The van der Waals surface area contributed by atoms with Gasteiger partial charge in [0.05, 0.1) is 0 Å². The molecule has 0 aliphatic heterocycles. The average molecular weight is 424 g/mol. The Morgan fingerprint density at radius 1 is 0.933 bits per heavy atom. The molecule has 0 bridgehead atoms. The molecular formula is C24H41NO5. The van der Waals surface area contributed by atoms with Crippen LogP contribution in [0.5, 0.6) is 0 Å². The lowest BCUT2D eigenvalue weighted by Crippen LogP contribution is -2.44. The third kappa shape index (κ3) is 14.1. The summed E-state index contributed by atoms with van der Waals surface area (Å²) in [5.41, 5.74) is 0. The monoisotopic (exact) mass is 423 g/mol. The highest BCUT2D eigenvalue weighted by molar-refractivity contribution is 5.84. The highest BCUT2D eigenvalue weighted by atomic mass is 16.4. The van der Waals surface area contributed by atoms with E-state index < -0.39 is 18.1 Å². The van der Waals surface area contributed by atoms with E-state index in [1.54, 1.807) is 0 Å². The van der Waals surface area contributed by atoms with Crippen molar-refractivity contribution in [1.29, 1.82) is 0 Å². The highest BCUT2D eigenvalue weighted by Gasteiger charge is 2.24. The van der Waals surface area contributed by atoms with Crippen molar-refractivity contribution in [2.75, 3.05) is 0 Å². The van der Waals surface area contributed by atoms with Gasteiger partial charge in [0.15, 0.2) is 5.78 Å². The van der Waals surface area contributed by atoms with Crippen LogP contribution in [0.3, 0.4) is 0 Å². The minimum atomic E-state index is -0.991. The molecule has 3 N–H and O–H groups in total. The smallest absolute Gasteiger partial charge is 0.326 e. The Bertz CT molecular complexity index is 556. The number of carboxylic acids is 1. The first-order valence-corrected chi connectivity index (χ1v) is 11.4. The zero-order valence-corrected chi connectivity index (χ0v) is 18.9. The fraction of sp³-hybridized carbons (Fsp3) is 0.708. The molecular weight excluding hydrogens is 382 g/mol. The van der Waals surface area contributed by atoms with Gasteiger partial charge in [-0.1, -0.05) is 77.2 Å². The lowest BCUT2D eigenvalue weighted by Gasteiger charge is -2.20. The minimum absolute atomic E-state index is 0.103. The number of carbonyl (C=O) groups excluding carboxylic acids is 2. The van der Waals surface area contributed by atoms with Crippen molar-refractivity contribution in [2.24, 2.45) is 5.92 Å². The lowest BCUT2D eigenvalue weighted by atomic mass is 9.99. The number of ketones is 1. The Morgan fingerprint density at radius 2 is 1.57 bits per heavy atom. The quantitative estimate of drug-likeness (QED) is 0.221. The molecule has 0 fully saturated rings. The molecule has 0 aliphatic carbocycles. The molecule has 0 aromatic carbocycles. The van der Waals surface area contributed by atoms with Gasteiger partial charge in [0, 0.05) is 12.8 Å². The predicted octanol–water partition coefficient (Wildman–Crippen LogP) is 4.57. The van der Waals surface area contributed by atoms with E-state index in [4.69, 9.17) is 0 Å². The van der Waals surface area contributed by atoms with Crippen LogP contribution in [0.15, 0.2) is 24.3 Å². The van der Waals surface area contributed by atoms with E-state index >= 15 is 0 Å². The molecule has 0 saturated heterocycles. The largest absolute Gasteiger partial charge is 0.480 e. The lowest BCUT2D eigenvalue weighted by molar-refractivity contribution is -0.143. The summed E-state index contributed by atoms with van der Waals surface area (Å²) in [6.45, 7) is 5.79. The van der Waals surface area contributed by atoms with Crippen molar-refractivity contribution >= 4 is 17.7 Å². The first-order chi connectivity index (χ1) is 14.3. The summed E-state index contributed by atoms with van der Waals surface area (Å²) >= 11 is 0. The van der Waals surface area contributed by atoms with E-state index in [2.05, 4.69) is 24.4 Å². The molecule has 3 atom stereocenters. The molecule has 6 nitrogen and oxygen atoms in total. The maximum Gasteiger partial charge on any atom is 0.326 e. The number of rotatable bonds is 18. The molecule has 0 aliphatic rings. The molecule has 0 aromatic heterocycles. The standard InChI is InChI=1S/C24H41NO5/c1-4-6-7-8-10-13-16-20(26)21(27)17-14-11-9-12-15-18-22(28)25-23(24(29)30)19(3)5-2/h6-7,10,13,19,21,23,27H,4-5,8-9,11-12,14-18H2,1-3H3,(H,25,28)(H,29,30)/b7-6-,13-10-/t19-,21?,23-/m0/s1. The molecule has 0 aromatic rings. The maximum atomic E-state index is 11.9. The summed E-state index contributed by atoms with van der Waals surface area (Å²) in [6.07, 6.45) is 14.7. The Kier molecular flexibility index (Phi) is 16.7. The summed E-state index contributed by atoms with van der Waals surface area (Å²) < 4.78 is 0. The average Bonchev–Trinajstić information content (AvgIpc) is 2.72. The summed E-state index contributed by atoms with van der Waals surface area (Å²) in [5, 5.41) is 21.7. The van der Waals surface area contributed by atoms with E-state index in [9.17, 15) is 24.6 Å². The number of unbranched alkanes of at least 4 members (excludes halogenated alkanes) is 4. The van der Waals surface area contributed by atoms with Crippen LogP contribution in [0.1, 0.15) is 91.4 Å². The molecule has 30 heavy (non-hydrogen) atoms. The number of aliphatic carboxylic acids is 1. The second-order valence-electron chi connectivity index (χ2n) is 7.85. The third-order valence-corrected chi connectivity index (χ3v) is 5.21. The van der Waals surface area contributed by atoms with E-state index in [0.717, 1.165) is 38.5 Å². The van der Waals surface area contributed by atoms with Crippen molar-refractivity contribution in [3.05, 3.63) is 24.3 Å². The van der Waals surface area contributed by atoms with Gasteiger partial charge in [0.25, 0.3) is 0 Å². The first-order valence-electron chi connectivity index (χ1n) is 11.4.